The Morgan fingerprint density at radius 3 is 2.00 bits per heavy atom. The van der Waals surface area contributed by atoms with Crippen molar-refractivity contribution in [2.75, 3.05) is 13.2 Å². The summed E-state index contributed by atoms with van der Waals surface area (Å²) in [7, 11) is 0. The van der Waals surface area contributed by atoms with Crippen molar-refractivity contribution < 1.29 is 19.4 Å². The van der Waals surface area contributed by atoms with Gasteiger partial charge in [-0.05, 0) is 19.8 Å². The zero-order chi connectivity index (χ0) is 14.8. The molecule has 1 N–H and O–H groups in total. The van der Waals surface area contributed by atoms with Crippen molar-refractivity contribution >= 4 is 35.5 Å². The molecule has 5 heteroatoms. The van der Waals surface area contributed by atoms with Crippen molar-refractivity contribution in [3.05, 3.63) is 0 Å². The summed E-state index contributed by atoms with van der Waals surface area (Å²) < 4.78 is 11.0. The van der Waals surface area contributed by atoms with Crippen LogP contribution in [-0.4, -0.2) is 60.1 Å². The second-order valence-electron chi connectivity index (χ2n) is 6.18. The van der Waals surface area contributed by atoms with Crippen LogP contribution in [0.1, 0.15) is 71.6 Å². The molecule has 0 saturated carbocycles. The van der Waals surface area contributed by atoms with Crippen LogP contribution in [0, 0.1) is 5.41 Å². The number of unbranched alkanes of at least 4 members (excludes halogenated alkanes) is 7. The minimum atomic E-state index is -0.879. The molecule has 1 heterocycles. The van der Waals surface area contributed by atoms with Gasteiger partial charge in [-0.2, -0.15) is 0 Å². The van der Waals surface area contributed by atoms with E-state index in [1.165, 1.54) is 44.9 Å². The van der Waals surface area contributed by atoms with Gasteiger partial charge in [0.25, 0.3) is 0 Å². The quantitative estimate of drug-likeness (QED) is 0.497. The number of hydrogen-bond acceptors (Lipinski definition) is 3. The third-order valence-electron chi connectivity index (χ3n) is 3.99. The van der Waals surface area contributed by atoms with Crippen LogP contribution < -0.4 is 0 Å². The van der Waals surface area contributed by atoms with E-state index in [0.717, 1.165) is 12.8 Å². The van der Waals surface area contributed by atoms with Gasteiger partial charge in [0.15, 0.2) is 6.29 Å². The van der Waals surface area contributed by atoms with Crippen LogP contribution in [0.4, 0.5) is 0 Å². The first-order valence-electron chi connectivity index (χ1n) is 8.05. The first kappa shape index (κ1) is 21.4. The predicted molar refractivity (Wildman–Crippen MR) is 85.8 cm³/mol. The SMILES string of the molecule is CCCCCCCCCCC1OCC(C)(C(=O)O)CO1.[NaH]. The summed E-state index contributed by atoms with van der Waals surface area (Å²) in [5.74, 6) is -0.844. The van der Waals surface area contributed by atoms with E-state index in [0.29, 0.717) is 0 Å². The monoisotopic (exact) mass is 310 g/mol. The van der Waals surface area contributed by atoms with Crippen LogP contribution in [0.3, 0.4) is 0 Å². The van der Waals surface area contributed by atoms with Crippen LogP contribution in [0.25, 0.3) is 0 Å². The number of ether oxygens (including phenoxy) is 2. The zero-order valence-corrected chi connectivity index (χ0v) is 13.0. The first-order valence-corrected chi connectivity index (χ1v) is 8.05. The fraction of sp³-hybridized carbons (Fsp3) is 0.938. The Bertz CT molecular complexity index is 275. The Hall–Kier alpha value is 0.390. The molecule has 0 spiro atoms. The van der Waals surface area contributed by atoms with E-state index in [-0.39, 0.29) is 49.1 Å². The van der Waals surface area contributed by atoms with Crippen LogP contribution in [0.15, 0.2) is 0 Å². The summed E-state index contributed by atoms with van der Waals surface area (Å²) in [6.45, 7) is 4.41. The van der Waals surface area contributed by atoms with Crippen LogP contribution in [0.2, 0.25) is 0 Å². The molecule has 1 fully saturated rings. The van der Waals surface area contributed by atoms with E-state index < -0.39 is 11.4 Å². The van der Waals surface area contributed by atoms with Crippen molar-refractivity contribution in [1.82, 2.24) is 0 Å². The molecule has 0 unspecified atom stereocenters. The van der Waals surface area contributed by atoms with Crippen LogP contribution in [0.5, 0.6) is 0 Å². The Kier molecular flexibility index (Phi) is 12.1. The van der Waals surface area contributed by atoms with Crippen molar-refractivity contribution in [2.24, 2.45) is 5.41 Å². The molecule has 0 aromatic heterocycles. The first-order chi connectivity index (χ1) is 9.58. The number of rotatable bonds is 10. The van der Waals surface area contributed by atoms with Crippen LogP contribution >= 0.6 is 0 Å². The molecule has 1 rings (SSSR count). The number of carbonyl (C=O) groups is 1. The van der Waals surface area contributed by atoms with E-state index in [9.17, 15) is 4.79 Å². The van der Waals surface area contributed by atoms with Gasteiger partial charge in [-0.25, -0.2) is 0 Å². The normalized spacial score (nSPS) is 25.3. The molecule has 1 aliphatic rings. The second kappa shape index (κ2) is 11.9. The maximum atomic E-state index is 11.0. The minimum absolute atomic E-state index is 0. The fourth-order valence-corrected chi connectivity index (χ4v) is 2.38. The van der Waals surface area contributed by atoms with Crippen molar-refractivity contribution in [2.45, 2.75) is 77.9 Å². The molecule has 0 atom stereocenters. The topological polar surface area (TPSA) is 55.8 Å². The van der Waals surface area contributed by atoms with Gasteiger partial charge in [0, 0.05) is 0 Å². The predicted octanol–water partition coefficient (Wildman–Crippen LogP) is 3.33. The second-order valence-corrected chi connectivity index (χ2v) is 6.18. The number of aliphatic carboxylic acids is 1. The van der Waals surface area contributed by atoms with Gasteiger partial charge in [0.1, 0.15) is 5.41 Å². The molecule has 0 aliphatic carbocycles. The summed E-state index contributed by atoms with van der Waals surface area (Å²) in [6.07, 6.45) is 10.9. The summed E-state index contributed by atoms with van der Waals surface area (Å²) in [4.78, 5) is 11.0. The van der Waals surface area contributed by atoms with Crippen molar-refractivity contribution in [3.63, 3.8) is 0 Å². The Morgan fingerprint density at radius 1 is 1.05 bits per heavy atom. The van der Waals surface area contributed by atoms with Gasteiger partial charge in [-0.3, -0.25) is 4.79 Å². The summed E-state index contributed by atoms with van der Waals surface area (Å²) in [6, 6.07) is 0. The van der Waals surface area contributed by atoms with E-state index in [1.54, 1.807) is 6.92 Å². The molecular formula is C16H31NaO4. The van der Waals surface area contributed by atoms with Gasteiger partial charge in [-0.1, -0.05) is 51.9 Å². The molecule has 0 aromatic rings. The molecular weight excluding hydrogens is 279 g/mol. The van der Waals surface area contributed by atoms with Gasteiger partial charge in [0.05, 0.1) is 13.2 Å². The molecule has 0 bridgehead atoms. The molecule has 0 amide bonds. The van der Waals surface area contributed by atoms with E-state index in [2.05, 4.69) is 6.92 Å². The molecule has 1 aliphatic heterocycles. The number of carboxylic acid groups (broad SMARTS) is 1. The van der Waals surface area contributed by atoms with Crippen molar-refractivity contribution in [1.29, 1.82) is 0 Å². The molecule has 120 valence electrons. The molecule has 0 radical (unpaired) electrons. The maximum absolute atomic E-state index is 11.0. The van der Waals surface area contributed by atoms with E-state index in [4.69, 9.17) is 14.6 Å². The fourth-order valence-electron chi connectivity index (χ4n) is 2.38. The van der Waals surface area contributed by atoms with E-state index in [1.807, 2.05) is 0 Å². The average Bonchev–Trinajstić information content (AvgIpc) is 2.44. The summed E-state index contributed by atoms with van der Waals surface area (Å²) in [5, 5.41) is 9.06. The van der Waals surface area contributed by atoms with Crippen LogP contribution in [-0.2, 0) is 14.3 Å². The number of carboxylic acids is 1. The zero-order valence-electron chi connectivity index (χ0n) is 13.0. The Morgan fingerprint density at radius 2 is 1.52 bits per heavy atom. The molecule has 0 aromatic carbocycles. The van der Waals surface area contributed by atoms with Crippen molar-refractivity contribution in [3.8, 4) is 0 Å². The number of hydrogen-bond donors (Lipinski definition) is 1. The molecule has 4 nitrogen and oxygen atoms in total. The summed E-state index contributed by atoms with van der Waals surface area (Å²) in [5.41, 5.74) is -0.879. The third-order valence-corrected chi connectivity index (χ3v) is 3.99. The average molecular weight is 310 g/mol. The van der Waals surface area contributed by atoms with Gasteiger partial charge in [-0.15, -0.1) is 0 Å². The standard InChI is InChI=1S/C16H30O4.Na.H/c1-3-4-5-6-7-8-9-10-11-14-19-12-16(2,13-20-14)15(17)18;;/h14H,3-13H2,1-2H3,(H,17,18);;. The Balaban J connectivity index is 0.00000400. The Labute approximate surface area is 151 Å². The molecule has 21 heavy (non-hydrogen) atoms. The summed E-state index contributed by atoms with van der Waals surface area (Å²) >= 11 is 0. The van der Waals surface area contributed by atoms with E-state index >= 15 is 0 Å². The van der Waals surface area contributed by atoms with Gasteiger partial charge >= 0.3 is 35.5 Å². The van der Waals surface area contributed by atoms with Gasteiger partial charge < -0.3 is 14.6 Å². The van der Waals surface area contributed by atoms with Gasteiger partial charge in [0.2, 0.25) is 0 Å². The third kappa shape index (κ3) is 8.56. The molecule has 1 saturated heterocycles.